The average Bonchev–Trinajstić information content (AvgIpc) is 3.46. The molecule has 166 valence electrons. The number of thioether (sulfide) groups is 1. The predicted octanol–water partition coefficient (Wildman–Crippen LogP) is 4.97. The van der Waals surface area contributed by atoms with Crippen molar-refractivity contribution in [3.8, 4) is 28.7 Å². The Bertz CT molecular complexity index is 1210. The molecule has 0 spiro atoms. The maximum atomic E-state index is 5.96. The van der Waals surface area contributed by atoms with E-state index >= 15 is 0 Å². The summed E-state index contributed by atoms with van der Waals surface area (Å²) in [7, 11) is 3.14. The molecule has 2 aromatic carbocycles. The highest BCUT2D eigenvalue weighted by molar-refractivity contribution is 7.98. The van der Waals surface area contributed by atoms with Gasteiger partial charge in [-0.2, -0.15) is 0 Å². The number of halogens is 1. The second-order valence-electron chi connectivity index (χ2n) is 6.52. The number of aromatic nitrogens is 4. The normalized spacial score (nSPS) is 10.9. The molecular weight excluding hydrogens is 456 g/mol. The van der Waals surface area contributed by atoms with E-state index in [0.29, 0.717) is 50.9 Å². The Kier molecular flexibility index (Phi) is 6.81. The van der Waals surface area contributed by atoms with Crippen molar-refractivity contribution in [3.05, 3.63) is 58.8 Å². The number of ether oxygens (including phenoxy) is 3. The molecule has 0 fully saturated rings. The van der Waals surface area contributed by atoms with E-state index in [1.807, 2.05) is 19.1 Å². The van der Waals surface area contributed by atoms with E-state index in [0.717, 1.165) is 11.1 Å². The van der Waals surface area contributed by atoms with Gasteiger partial charge in [-0.25, -0.2) is 0 Å². The van der Waals surface area contributed by atoms with E-state index in [-0.39, 0.29) is 6.61 Å². The Balaban J connectivity index is 1.34. The van der Waals surface area contributed by atoms with Crippen molar-refractivity contribution in [2.24, 2.45) is 0 Å². The number of hydrogen-bond donors (Lipinski definition) is 0. The number of nitrogens with zero attached hydrogens (tertiary/aromatic N) is 4. The monoisotopic (exact) mass is 474 g/mol. The van der Waals surface area contributed by atoms with Crippen LogP contribution in [0.2, 0.25) is 5.02 Å². The second kappa shape index (κ2) is 9.92. The Morgan fingerprint density at radius 2 is 1.66 bits per heavy atom. The minimum Gasteiger partial charge on any atom is -0.493 e. The summed E-state index contributed by atoms with van der Waals surface area (Å²) in [6.45, 7) is 2.07. The molecule has 2 aromatic heterocycles. The van der Waals surface area contributed by atoms with Gasteiger partial charge < -0.3 is 23.0 Å². The molecule has 0 saturated carbocycles. The summed E-state index contributed by atoms with van der Waals surface area (Å²) in [6, 6.07) is 10.8. The SMILES string of the molecule is COc1ccc(-c2nnc(CSc3nnc(COc4ccc(Cl)cc4C)o3)o2)cc1OC. The van der Waals surface area contributed by atoms with Gasteiger partial charge in [-0.15, -0.1) is 20.4 Å². The van der Waals surface area contributed by atoms with Crippen molar-refractivity contribution in [1.82, 2.24) is 20.4 Å². The molecule has 0 aliphatic rings. The van der Waals surface area contributed by atoms with Crippen LogP contribution in [0.4, 0.5) is 0 Å². The lowest BCUT2D eigenvalue weighted by molar-refractivity contribution is 0.250. The molecule has 0 aliphatic carbocycles. The summed E-state index contributed by atoms with van der Waals surface area (Å²) in [5.41, 5.74) is 1.65. The van der Waals surface area contributed by atoms with Crippen LogP contribution in [0, 0.1) is 6.92 Å². The zero-order chi connectivity index (χ0) is 22.5. The maximum absolute atomic E-state index is 5.96. The van der Waals surface area contributed by atoms with Gasteiger partial charge in [0.05, 0.1) is 20.0 Å². The van der Waals surface area contributed by atoms with Crippen LogP contribution >= 0.6 is 23.4 Å². The fourth-order valence-electron chi connectivity index (χ4n) is 2.79. The van der Waals surface area contributed by atoms with Crippen molar-refractivity contribution < 1.29 is 23.0 Å². The fraction of sp³-hybridized carbons (Fsp3) is 0.238. The molecule has 0 N–H and O–H groups in total. The van der Waals surface area contributed by atoms with Gasteiger partial charge in [0.15, 0.2) is 18.1 Å². The smallest absolute Gasteiger partial charge is 0.277 e. The van der Waals surface area contributed by atoms with Crippen LogP contribution in [0.15, 0.2) is 50.5 Å². The van der Waals surface area contributed by atoms with Crippen molar-refractivity contribution >= 4 is 23.4 Å². The highest BCUT2D eigenvalue weighted by atomic mass is 35.5. The van der Waals surface area contributed by atoms with E-state index in [4.69, 9.17) is 34.6 Å². The topological polar surface area (TPSA) is 106 Å². The summed E-state index contributed by atoms with van der Waals surface area (Å²) in [6.07, 6.45) is 0. The van der Waals surface area contributed by atoms with Crippen LogP contribution in [-0.4, -0.2) is 34.6 Å². The van der Waals surface area contributed by atoms with E-state index in [2.05, 4.69) is 20.4 Å². The first-order chi connectivity index (χ1) is 15.6. The Hall–Kier alpha value is -3.24. The third-order valence-electron chi connectivity index (χ3n) is 4.35. The molecule has 11 heteroatoms. The van der Waals surface area contributed by atoms with Crippen LogP contribution < -0.4 is 14.2 Å². The van der Waals surface area contributed by atoms with Gasteiger partial charge in [0, 0.05) is 10.6 Å². The number of rotatable bonds is 9. The molecule has 0 saturated heterocycles. The third kappa shape index (κ3) is 5.14. The number of methoxy groups -OCH3 is 2. The number of hydrogen-bond acceptors (Lipinski definition) is 10. The maximum Gasteiger partial charge on any atom is 0.277 e. The van der Waals surface area contributed by atoms with Crippen molar-refractivity contribution in [2.75, 3.05) is 14.2 Å². The third-order valence-corrected chi connectivity index (χ3v) is 5.39. The lowest BCUT2D eigenvalue weighted by Crippen LogP contribution is -1.97. The zero-order valence-corrected chi connectivity index (χ0v) is 19.1. The molecule has 32 heavy (non-hydrogen) atoms. The first kappa shape index (κ1) is 22.0. The highest BCUT2D eigenvalue weighted by Crippen LogP contribution is 2.32. The minimum absolute atomic E-state index is 0.153. The summed E-state index contributed by atoms with van der Waals surface area (Å²) in [4.78, 5) is 0. The number of aryl methyl sites for hydroxylation is 1. The average molecular weight is 475 g/mol. The second-order valence-corrected chi connectivity index (χ2v) is 7.88. The van der Waals surface area contributed by atoms with Crippen molar-refractivity contribution in [3.63, 3.8) is 0 Å². The first-order valence-corrected chi connectivity index (χ1v) is 10.8. The Labute approximate surface area is 193 Å². The highest BCUT2D eigenvalue weighted by Gasteiger charge is 2.14. The predicted molar refractivity (Wildman–Crippen MR) is 117 cm³/mol. The zero-order valence-electron chi connectivity index (χ0n) is 17.5. The molecular formula is C21H19ClN4O5S. The molecule has 0 amide bonds. The molecule has 2 heterocycles. The molecule has 0 aliphatic heterocycles. The largest absolute Gasteiger partial charge is 0.493 e. The molecule has 0 bridgehead atoms. The van der Waals surface area contributed by atoms with Crippen molar-refractivity contribution in [1.29, 1.82) is 0 Å². The van der Waals surface area contributed by atoms with E-state index < -0.39 is 0 Å². The van der Waals surface area contributed by atoms with Gasteiger partial charge in [-0.1, -0.05) is 23.4 Å². The summed E-state index contributed by atoms with van der Waals surface area (Å²) >= 11 is 7.25. The van der Waals surface area contributed by atoms with Gasteiger partial charge in [0.25, 0.3) is 11.1 Å². The van der Waals surface area contributed by atoms with Gasteiger partial charge >= 0.3 is 0 Å². The molecule has 4 rings (SSSR count). The summed E-state index contributed by atoms with van der Waals surface area (Å²) < 4.78 is 27.6. The van der Waals surface area contributed by atoms with Crippen LogP contribution in [0.5, 0.6) is 17.2 Å². The van der Waals surface area contributed by atoms with Crippen LogP contribution in [0.3, 0.4) is 0 Å². The number of benzene rings is 2. The quantitative estimate of drug-likeness (QED) is 0.308. The van der Waals surface area contributed by atoms with E-state index in [9.17, 15) is 0 Å². The molecule has 0 atom stereocenters. The molecule has 9 nitrogen and oxygen atoms in total. The molecule has 0 radical (unpaired) electrons. The van der Waals surface area contributed by atoms with Crippen LogP contribution in [0.1, 0.15) is 17.3 Å². The van der Waals surface area contributed by atoms with Gasteiger partial charge in [-0.05, 0) is 48.9 Å². The lowest BCUT2D eigenvalue weighted by atomic mass is 10.2. The Morgan fingerprint density at radius 1 is 0.875 bits per heavy atom. The lowest BCUT2D eigenvalue weighted by Gasteiger charge is -2.07. The summed E-state index contributed by atoms with van der Waals surface area (Å²) in [5, 5.41) is 17.2. The van der Waals surface area contributed by atoms with Gasteiger partial charge in [0.2, 0.25) is 11.8 Å². The fourth-order valence-corrected chi connectivity index (χ4v) is 3.63. The van der Waals surface area contributed by atoms with Crippen LogP contribution in [-0.2, 0) is 12.4 Å². The van der Waals surface area contributed by atoms with E-state index in [1.165, 1.54) is 11.8 Å². The van der Waals surface area contributed by atoms with Gasteiger partial charge in [-0.3, -0.25) is 0 Å². The minimum atomic E-state index is 0.153. The Morgan fingerprint density at radius 3 is 2.44 bits per heavy atom. The summed E-state index contributed by atoms with van der Waals surface area (Å²) in [5.74, 6) is 3.43. The van der Waals surface area contributed by atoms with E-state index in [1.54, 1.807) is 38.5 Å². The van der Waals surface area contributed by atoms with Crippen LogP contribution in [0.25, 0.3) is 11.5 Å². The molecule has 4 aromatic rings. The first-order valence-electron chi connectivity index (χ1n) is 9.44. The standard InChI is InChI=1S/C21H19ClN4O5S/c1-12-8-14(22)5-7-15(12)29-10-18-23-26-21(31-18)32-11-19-24-25-20(30-19)13-4-6-16(27-2)17(9-13)28-3/h4-9H,10-11H2,1-3H3. The molecule has 0 unspecified atom stereocenters. The van der Waals surface area contributed by atoms with Crippen molar-refractivity contribution in [2.45, 2.75) is 24.5 Å². The van der Waals surface area contributed by atoms with Gasteiger partial charge in [0.1, 0.15) is 5.75 Å².